The fourth-order valence-electron chi connectivity index (χ4n) is 4.11. The molecule has 4 fully saturated rings. The van der Waals surface area contributed by atoms with Crippen molar-refractivity contribution in [2.45, 2.75) is 99.5 Å². The zero-order chi connectivity index (χ0) is 25.2. The van der Waals surface area contributed by atoms with E-state index in [9.17, 15) is 30.6 Å². The topological polar surface area (TPSA) is 189 Å². The van der Waals surface area contributed by atoms with E-state index in [0.29, 0.717) is 23.4 Å². The van der Waals surface area contributed by atoms with Gasteiger partial charge in [-0.25, -0.2) is 0 Å². The summed E-state index contributed by atoms with van der Waals surface area (Å²) in [5.74, 6) is 0. The fraction of sp³-hybridized carbons (Fsp3) is 0.900. The lowest BCUT2D eigenvalue weighted by atomic mass is 9.95. The Morgan fingerprint density at radius 2 is 1.09 bits per heavy atom. The van der Waals surface area contributed by atoms with Gasteiger partial charge in [0.05, 0.1) is 24.3 Å². The van der Waals surface area contributed by atoms with Gasteiger partial charge in [0.15, 0.2) is 10.3 Å². The highest BCUT2D eigenvalue weighted by Gasteiger charge is 2.51. The normalized spacial score (nSPS) is 45.5. The quantitative estimate of drug-likeness (QED) is 0.198. The summed E-state index contributed by atoms with van der Waals surface area (Å²) in [4.78, 5) is 8.42. The lowest BCUT2D eigenvalue weighted by molar-refractivity contribution is -0.184. The highest BCUT2D eigenvalue weighted by molar-refractivity contribution is 8.14. The predicted molar refractivity (Wildman–Crippen MR) is 130 cm³/mol. The molecule has 0 radical (unpaired) electrons. The summed E-state index contributed by atoms with van der Waals surface area (Å²) in [6.07, 6.45) is -7.30. The molecule has 0 saturated carbocycles. The van der Waals surface area contributed by atoms with Gasteiger partial charge in [0, 0.05) is 13.1 Å². The van der Waals surface area contributed by atoms with Crippen LogP contribution in [0.4, 0.5) is 0 Å². The molecule has 4 aliphatic rings. The maximum Gasteiger partial charge on any atom is 0.159 e. The van der Waals surface area contributed by atoms with Gasteiger partial charge in [0.2, 0.25) is 0 Å². The number of nitrogens with one attached hydrogen (secondary N) is 2. The summed E-state index contributed by atoms with van der Waals surface area (Å²) >= 11 is 2.76. The molecule has 4 rings (SSSR count). The summed E-state index contributed by atoms with van der Waals surface area (Å²) in [5.41, 5.74) is -0.642. The Balaban J connectivity index is 0.000000191. The first kappa shape index (κ1) is 27.9. The first-order chi connectivity index (χ1) is 16.1. The third-order valence-electron chi connectivity index (χ3n) is 5.87. The van der Waals surface area contributed by atoms with Crippen LogP contribution >= 0.6 is 23.5 Å². The van der Waals surface area contributed by atoms with E-state index in [1.807, 2.05) is 13.8 Å². The van der Waals surface area contributed by atoms with Crippen molar-refractivity contribution >= 4 is 33.9 Å². The van der Waals surface area contributed by atoms with E-state index in [1.54, 1.807) is 0 Å². The summed E-state index contributed by atoms with van der Waals surface area (Å²) in [6, 6.07) is -0.759. The van der Waals surface area contributed by atoms with E-state index < -0.39 is 48.8 Å². The Hall–Kier alpha value is -0.680. The van der Waals surface area contributed by atoms with Crippen LogP contribution in [0.1, 0.15) is 27.7 Å². The summed E-state index contributed by atoms with van der Waals surface area (Å²) in [6.45, 7) is 8.20. The molecular weight excluding hydrogens is 488 g/mol. The monoisotopic (exact) mass is 524 g/mol. The molecule has 0 spiro atoms. The van der Waals surface area contributed by atoms with Gasteiger partial charge in [0.25, 0.3) is 0 Å². The minimum atomic E-state index is -1.09. The molecule has 12 atom stereocenters. The molecule has 196 valence electrons. The molecule has 8 N–H and O–H groups in total. The van der Waals surface area contributed by atoms with Crippen molar-refractivity contribution in [3.63, 3.8) is 0 Å². The fourth-order valence-corrected chi connectivity index (χ4v) is 6.48. The van der Waals surface area contributed by atoms with Crippen molar-refractivity contribution in [1.82, 2.24) is 10.6 Å². The van der Waals surface area contributed by atoms with Crippen molar-refractivity contribution in [2.75, 3.05) is 13.1 Å². The standard InChI is InChI=1S/2C10H18N2O4S/c2*1-3-11-10-12-5-6(14)7(15)8(4(2)13)16-9(5)17-10/h2*4-9,13-15H,3H2,1-2H3,(H,11,12)/t4-,5+,6+,7-,8+,9+;4-,5-,6-,7+,8-,9-/m01/s1. The second-order valence-corrected chi connectivity index (χ2v) is 10.7. The van der Waals surface area contributed by atoms with Gasteiger partial charge in [0.1, 0.15) is 47.5 Å². The molecule has 0 bridgehead atoms. The Morgan fingerprint density at radius 3 is 1.38 bits per heavy atom. The molecule has 0 amide bonds. The van der Waals surface area contributed by atoms with Crippen molar-refractivity contribution < 1.29 is 40.1 Å². The number of fused-ring (bicyclic) bond motifs is 2. The number of aliphatic hydroxyl groups excluding tert-OH is 6. The molecule has 12 nitrogen and oxygen atoms in total. The first-order valence-corrected chi connectivity index (χ1v) is 13.2. The second-order valence-electron chi connectivity index (χ2n) is 8.52. The second kappa shape index (κ2) is 12.0. The van der Waals surface area contributed by atoms with E-state index >= 15 is 0 Å². The van der Waals surface area contributed by atoms with Gasteiger partial charge in [-0.15, -0.1) is 0 Å². The van der Waals surface area contributed by atoms with Crippen LogP contribution in [-0.2, 0) is 9.47 Å². The molecule has 0 aliphatic carbocycles. The Bertz CT molecular complexity index is 685. The van der Waals surface area contributed by atoms with Crippen LogP contribution in [0.5, 0.6) is 0 Å². The average Bonchev–Trinajstić information content (AvgIpc) is 3.38. The van der Waals surface area contributed by atoms with Gasteiger partial charge >= 0.3 is 0 Å². The Labute approximate surface area is 207 Å². The van der Waals surface area contributed by atoms with E-state index in [-0.39, 0.29) is 23.0 Å². The lowest BCUT2D eigenvalue weighted by Crippen LogP contribution is -2.61. The van der Waals surface area contributed by atoms with Crippen LogP contribution in [0, 0.1) is 0 Å². The maximum absolute atomic E-state index is 9.98. The first-order valence-electron chi connectivity index (χ1n) is 11.4. The van der Waals surface area contributed by atoms with E-state index in [2.05, 4.69) is 20.6 Å². The van der Waals surface area contributed by atoms with Crippen molar-refractivity contribution in [2.24, 2.45) is 9.98 Å². The summed E-state index contributed by atoms with van der Waals surface area (Å²) < 4.78 is 11.2. The molecule has 0 unspecified atom stereocenters. The number of amidine groups is 2. The number of hydrogen-bond acceptors (Lipinski definition) is 12. The van der Waals surface area contributed by atoms with E-state index in [1.165, 1.54) is 37.4 Å². The minimum absolute atomic E-state index is 0.321. The number of aliphatic imine (C=N–C) groups is 2. The highest BCUT2D eigenvalue weighted by Crippen LogP contribution is 2.35. The van der Waals surface area contributed by atoms with Crippen LogP contribution in [0.3, 0.4) is 0 Å². The Morgan fingerprint density at radius 1 is 0.735 bits per heavy atom. The SMILES string of the molecule is CCN=C1N[C@@H]2[C@@H](O)[C@H](O)[C@@H]([C@@H](C)O)O[C@@H]2S1.CCN=C1N[C@@H]2[C@@H](O)[C@H](O)[C@@H]([C@H](C)O)O[C@@H]2S1. The number of hydrogen-bond donors (Lipinski definition) is 8. The highest BCUT2D eigenvalue weighted by atomic mass is 32.2. The molecule has 0 aromatic carbocycles. The number of nitrogens with zero attached hydrogens (tertiary/aromatic N) is 2. The Kier molecular flexibility index (Phi) is 9.88. The molecule has 0 aromatic heterocycles. The third-order valence-corrected chi connectivity index (χ3v) is 8.08. The largest absolute Gasteiger partial charge is 0.391 e. The molecule has 0 aromatic rings. The van der Waals surface area contributed by atoms with E-state index in [4.69, 9.17) is 9.47 Å². The maximum atomic E-state index is 9.98. The van der Waals surface area contributed by atoms with E-state index in [0.717, 1.165) is 0 Å². The van der Waals surface area contributed by atoms with Crippen molar-refractivity contribution in [3.8, 4) is 0 Å². The summed E-state index contributed by atoms with van der Waals surface area (Å²) in [5, 5.41) is 66.1. The average molecular weight is 525 g/mol. The van der Waals surface area contributed by atoms with Crippen LogP contribution in [0.2, 0.25) is 0 Å². The number of ether oxygens (including phenoxy) is 2. The smallest absolute Gasteiger partial charge is 0.159 e. The molecule has 4 aliphatic heterocycles. The predicted octanol–water partition coefficient (Wildman–Crippen LogP) is -2.21. The van der Waals surface area contributed by atoms with Crippen LogP contribution in [0.25, 0.3) is 0 Å². The molecule has 34 heavy (non-hydrogen) atoms. The molecule has 4 heterocycles. The summed E-state index contributed by atoms with van der Waals surface area (Å²) in [7, 11) is 0. The van der Waals surface area contributed by atoms with Gasteiger partial charge < -0.3 is 50.7 Å². The van der Waals surface area contributed by atoms with Crippen LogP contribution in [0.15, 0.2) is 9.98 Å². The van der Waals surface area contributed by atoms with Crippen molar-refractivity contribution in [3.05, 3.63) is 0 Å². The molecule has 14 heteroatoms. The van der Waals surface area contributed by atoms with Crippen LogP contribution in [-0.4, -0.2) is 126 Å². The third kappa shape index (κ3) is 5.99. The van der Waals surface area contributed by atoms with Gasteiger partial charge in [-0.1, -0.05) is 23.5 Å². The van der Waals surface area contributed by atoms with Gasteiger partial charge in [-0.3, -0.25) is 9.98 Å². The van der Waals surface area contributed by atoms with Gasteiger partial charge in [-0.2, -0.15) is 0 Å². The van der Waals surface area contributed by atoms with Gasteiger partial charge in [-0.05, 0) is 27.7 Å². The minimum Gasteiger partial charge on any atom is -0.391 e. The lowest BCUT2D eigenvalue weighted by Gasteiger charge is -2.40. The zero-order valence-corrected chi connectivity index (χ0v) is 21.2. The molecular formula is C20H36N4O8S2. The zero-order valence-electron chi connectivity index (χ0n) is 19.6. The van der Waals surface area contributed by atoms with Crippen LogP contribution < -0.4 is 10.6 Å². The number of rotatable bonds is 4. The molecule has 4 saturated heterocycles. The van der Waals surface area contributed by atoms with Crippen molar-refractivity contribution in [1.29, 1.82) is 0 Å². The number of aliphatic hydroxyl groups is 6. The number of thioether (sulfide) groups is 2.